The van der Waals surface area contributed by atoms with Gasteiger partial charge in [0.05, 0.1) is 28.6 Å². The molecule has 3 atom stereocenters. The number of nitrogens with zero attached hydrogens (tertiary/aromatic N) is 6. The van der Waals surface area contributed by atoms with Crippen LogP contribution in [-0.2, 0) is 18.0 Å². The summed E-state index contributed by atoms with van der Waals surface area (Å²) >= 11 is 0. The van der Waals surface area contributed by atoms with Crippen LogP contribution in [0.1, 0.15) is 82.9 Å². The molecule has 3 N–H and O–H groups in total. The largest absolute Gasteiger partial charge is 2.00 e. The summed E-state index contributed by atoms with van der Waals surface area (Å²) in [7, 11) is 0. The van der Waals surface area contributed by atoms with Crippen LogP contribution in [0.4, 0.5) is 26.3 Å². The molecule has 0 radical (unpaired) electrons. The maximum absolute atomic E-state index is 12.8. The summed E-state index contributed by atoms with van der Waals surface area (Å²) < 4.78 is 79.1. The first kappa shape index (κ1) is 47.7. The molecule has 4 aromatic heterocycles. The van der Waals surface area contributed by atoms with Crippen LogP contribution in [0.25, 0.3) is 22.1 Å². The van der Waals surface area contributed by atoms with E-state index in [0.29, 0.717) is 39.6 Å². The van der Waals surface area contributed by atoms with Gasteiger partial charge >= 0.3 is 35.4 Å². The summed E-state index contributed by atoms with van der Waals surface area (Å²) in [6, 6.07) is 6.78. The van der Waals surface area contributed by atoms with E-state index in [4.69, 9.17) is 0 Å². The molecule has 56 heavy (non-hydrogen) atoms. The number of ketones is 1. The van der Waals surface area contributed by atoms with Gasteiger partial charge in [-0.2, -0.15) is 36.5 Å². The summed E-state index contributed by atoms with van der Waals surface area (Å²) in [4.78, 5) is 50.7. The van der Waals surface area contributed by atoms with Gasteiger partial charge in [-0.25, -0.2) is 19.3 Å². The Kier molecular flexibility index (Phi) is 14.8. The number of halogens is 7. The van der Waals surface area contributed by atoms with Crippen molar-refractivity contribution in [1.82, 2.24) is 39.5 Å². The molecule has 6 aromatic rings. The first-order valence-electron chi connectivity index (χ1n) is 16.0. The van der Waals surface area contributed by atoms with Crippen molar-refractivity contribution in [1.29, 1.82) is 0 Å². The molecule has 296 valence electrons. The van der Waals surface area contributed by atoms with Gasteiger partial charge in [0.1, 0.15) is 34.1 Å². The van der Waals surface area contributed by atoms with Gasteiger partial charge in [0.2, 0.25) is 0 Å². The maximum atomic E-state index is 12.8. The second-order valence-electron chi connectivity index (χ2n) is 12.8. The second-order valence-corrected chi connectivity index (χ2v) is 12.8. The molecule has 2 aromatic carbocycles. The molecule has 4 heterocycles. The summed E-state index contributed by atoms with van der Waals surface area (Å²) in [5.74, 6) is 0.343. The Balaban J connectivity index is 0.000000367. The summed E-state index contributed by atoms with van der Waals surface area (Å²) in [5.41, 5.74) is -2.00. The molecule has 6 rings (SSSR count). The summed E-state index contributed by atoms with van der Waals surface area (Å²) in [5, 5.41) is 20.2. The zero-order chi connectivity index (χ0) is 39.4. The monoisotopic (exact) mass is 862 g/mol. The van der Waals surface area contributed by atoms with Gasteiger partial charge in [-0.05, 0) is 78.3 Å². The van der Waals surface area contributed by atoms with E-state index in [0.717, 1.165) is 36.4 Å². The van der Waals surface area contributed by atoms with Gasteiger partial charge in [0.15, 0.2) is 17.1 Å². The van der Waals surface area contributed by atoms with Crippen LogP contribution in [0.15, 0.2) is 58.1 Å². The number of Topliss-reactive ketones (excluding diaryl/α,β-unsaturated/α-hetero) is 1. The van der Waals surface area contributed by atoms with Crippen LogP contribution >= 0.6 is 0 Å². The van der Waals surface area contributed by atoms with Gasteiger partial charge in [-0.15, -0.1) is 0 Å². The quantitative estimate of drug-likeness (QED) is 0.0993. The van der Waals surface area contributed by atoms with E-state index in [2.05, 4.69) is 30.1 Å². The fraction of sp³-hybridized carbons (Fsp3) is 0.333. The minimum atomic E-state index is -4.47. The average Bonchev–Trinajstić information content (AvgIpc) is 3.59. The number of alkyl halides is 6. The summed E-state index contributed by atoms with van der Waals surface area (Å²) in [6.07, 6.45) is -8.92. The van der Waals surface area contributed by atoms with Gasteiger partial charge in [0, 0.05) is 5.56 Å². The number of H-pyrrole nitrogens is 2. The van der Waals surface area contributed by atoms with Crippen molar-refractivity contribution in [3.63, 3.8) is 0 Å². The Morgan fingerprint density at radius 1 is 0.696 bits per heavy atom. The average molecular weight is 864 g/mol. The second kappa shape index (κ2) is 17.4. The van der Waals surface area contributed by atoms with E-state index < -0.39 is 46.9 Å². The third-order valence-corrected chi connectivity index (χ3v) is 8.93. The third-order valence-electron chi connectivity index (χ3n) is 8.93. The number of nitrogens with one attached hydrogen (secondary N) is 2. The standard InChI is InChI=1S/C18H19F3N4O2.C17H15F3N4O2.CH3.BrH.Mg/c1-9-14-15(22-11(3)23-16(14)26)25(24-9)10(2)17(4,27)12-5-7-13(8-6-12)18(19,20)21;1-8-13-15(21-10(3)22-16(13)26)24(23-8)9(2)14(25)11-4-6-12(7-5-11)17(18,19)20;;;/h5-8,10,27H,1-4H3,(H,22,23,26);4-7,9H,1-3H3,(H,21,22,26);1H3;1H;/q;;-1;;+2/p-1. The number of fused-ring (bicyclic) bond motifs is 2. The predicted octanol–water partition coefficient (Wildman–Crippen LogP) is 3.50. The number of carbonyl (C=O) groups is 1. The van der Waals surface area contributed by atoms with Gasteiger partial charge in [0.25, 0.3) is 11.1 Å². The molecular weight excluding hydrogens is 827 g/mol. The SMILES string of the molecule is Cc1nc2c(c(C)nn2C(C)C(=O)c2ccc(C(F)(F)F)cc2)c(=O)[nH]1.Cc1nc2c(c(C)nn2C(C)C(C)(O)c2ccc(C(F)(F)F)cc2)c(=O)[nH]1.[Br-].[CH3-].[Mg+2]. The van der Waals surface area contributed by atoms with E-state index in [1.807, 2.05) is 0 Å². The third kappa shape index (κ3) is 9.40. The van der Waals surface area contributed by atoms with Crippen molar-refractivity contribution in [2.24, 2.45) is 0 Å². The van der Waals surface area contributed by atoms with E-state index >= 15 is 0 Å². The fourth-order valence-electron chi connectivity index (χ4n) is 5.84. The van der Waals surface area contributed by atoms with Crippen LogP contribution < -0.4 is 28.1 Å². The van der Waals surface area contributed by atoms with E-state index in [1.54, 1.807) is 41.5 Å². The number of hydrogen-bond acceptors (Lipinski definition) is 8. The minimum Gasteiger partial charge on any atom is -1.00 e. The Morgan fingerprint density at radius 3 is 1.46 bits per heavy atom. The number of hydrogen-bond donors (Lipinski definition) is 3. The first-order chi connectivity index (χ1) is 24.5. The minimum absolute atomic E-state index is 0. The molecule has 12 nitrogen and oxygen atoms in total. The molecule has 0 aliphatic heterocycles. The van der Waals surface area contributed by atoms with Gasteiger partial charge in [-0.1, -0.05) is 24.3 Å². The molecule has 0 amide bonds. The van der Waals surface area contributed by atoms with Crippen molar-refractivity contribution < 1.29 is 53.2 Å². The molecule has 0 bridgehead atoms. The molecule has 0 spiro atoms. The van der Waals surface area contributed by atoms with Crippen LogP contribution in [0.2, 0.25) is 0 Å². The Bertz CT molecular complexity index is 2460. The Morgan fingerprint density at radius 2 is 1.05 bits per heavy atom. The van der Waals surface area contributed by atoms with Crippen molar-refractivity contribution in [3.8, 4) is 0 Å². The fourth-order valence-corrected chi connectivity index (χ4v) is 5.84. The summed E-state index contributed by atoms with van der Waals surface area (Å²) in [6.45, 7) is 11.2. The van der Waals surface area contributed by atoms with E-state index in [-0.39, 0.29) is 75.2 Å². The normalized spacial score (nSPS) is 13.7. The molecule has 0 saturated heterocycles. The van der Waals surface area contributed by atoms with Crippen molar-refractivity contribution in [2.75, 3.05) is 0 Å². The zero-order valence-electron chi connectivity index (χ0n) is 31.5. The number of aryl methyl sites for hydroxylation is 4. The van der Waals surface area contributed by atoms with Crippen molar-refractivity contribution in [3.05, 3.63) is 122 Å². The first-order valence-corrected chi connectivity index (χ1v) is 16.0. The smallest absolute Gasteiger partial charge is 1.00 e. The molecule has 0 aliphatic carbocycles. The number of carbonyl (C=O) groups excluding carboxylic acids is 1. The number of aromatic amines is 2. The number of rotatable bonds is 6. The molecular formula is C36H37BrF6MgN8O4. The molecule has 3 unspecified atom stereocenters. The van der Waals surface area contributed by atoms with Crippen LogP contribution in [-0.4, -0.2) is 73.4 Å². The molecule has 0 saturated carbocycles. The van der Waals surface area contributed by atoms with Gasteiger partial charge < -0.3 is 39.5 Å². The predicted molar refractivity (Wildman–Crippen MR) is 194 cm³/mol. The van der Waals surface area contributed by atoms with Crippen LogP contribution in [0, 0.1) is 35.1 Å². The van der Waals surface area contributed by atoms with E-state index in [9.17, 15) is 45.8 Å². The molecule has 0 fully saturated rings. The number of aliphatic hydroxyl groups is 1. The van der Waals surface area contributed by atoms with Crippen molar-refractivity contribution in [2.45, 2.75) is 78.5 Å². The van der Waals surface area contributed by atoms with Crippen LogP contribution in [0.3, 0.4) is 0 Å². The van der Waals surface area contributed by atoms with Crippen molar-refractivity contribution >= 4 is 50.9 Å². The molecule has 0 aliphatic rings. The zero-order valence-corrected chi connectivity index (χ0v) is 34.5. The Hall–Kier alpha value is -4.40. The molecule has 20 heteroatoms. The van der Waals surface area contributed by atoms with Gasteiger partial charge in [-0.3, -0.25) is 14.4 Å². The number of aromatic nitrogens is 8. The topological polar surface area (TPSA) is 164 Å². The van der Waals surface area contributed by atoms with Crippen LogP contribution in [0.5, 0.6) is 0 Å². The van der Waals surface area contributed by atoms with E-state index in [1.165, 1.54) is 28.4 Å². The number of benzene rings is 2. The Labute approximate surface area is 342 Å². The maximum Gasteiger partial charge on any atom is 2.00 e.